The predicted molar refractivity (Wildman–Crippen MR) is 97.1 cm³/mol. The fourth-order valence-electron chi connectivity index (χ4n) is 3.00. The number of halogens is 2. The van der Waals surface area contributed by atoms with Gasteiger partial charge < -0.3 is 15.2 Å². The molecule has 3 rings (SSSR count). The van der Waals surface area contributed by atoms with Crippen LogP contribution in [-0.2, 0) is 4.79 Å². The van der Waals surface area contributed by atoms with Crippen LogP contribution in [-0.4, -0.2) is 28.5 Å². The summed E-state index contributed by atoms with van der Waals surface area (Å²) in [6.45, 7) is 6.98. The molecule has 2 heterocycles. The maximum atomic E-state index is 14.4. The number of rotatable bonds is 5. The lowest BCUT2D eigenvalue weighted by molar-refractivity contribution is -0.113. The van der Waals surface area contributed by atoms with Crippen LogP contribution in [0.4, 0.5) is 19.4 Å². The van der Waals surface area contributed by atoms with Gasteiger partial charge in [-0.15, -0.1) is 6.58 Å². The number of hydrogen-bond donors (Lipinski definition) is 2. The molecule has 7 nitrogen and oxygen atoms in total. The Morgan fingerprint density at radius 1 is 1.39 bits per heavy atom. The summed E-state index contributed by atoms with van der Waals surface area (Å²) in [5.74, 6) is -1.58. The highest BCUT2D eigenvalue weighted by molar-refractivity contribution is 6.06. The summed E-state index contributed by atoms with van der Waals surface area (Å²) in [7, 11) is 0. The third-order valence-electron chi connectivity index (χ3n) is 4.30. The van der Waals surface area contributed by atoms with Crippen molar-refractivity contribution in [2.75, 3.05) is 11.9 Å². The van der Waals surface area contributed by atoms with Crippen molar-refractivity contribution >= 4 is 17.8 Å². The van der Waals surface area contributed by atoms with Crippen molar-refractivity contribution in [1.82, 2.24) is 15.4 Å². The van der Waals surface area contributed by atoms with Gasteiger partial charge in [-0.05, 0) is 19.9 Å². The number of allylic oxidation sites excluding steroid dienone is 1. The summed E-state index contributed by atoms with van der Waals surface area (Å²) in [4.78, 5) is 26.7. The number of anilines is 1. The van der Waals surface area contributed by atoms with Gasteiger partial charge >= 0.3 is 6.03 Å². The van der Waals surface area contributed by atoms with Gasteiger partial charge in [0, 0.05) is 29.9 Å². The van der Waals surface area contributed by atoms with E-state index in [1.54, 1.807) is 13.8 Å². The molecule has 0 aliphatic carbocycles. The lowest BCUT2D eigenvalue weighted by atomic mass is 9.93. The molecule has 2 aromatic rings. The van der Waals surface area contributed by atoms with Crippen molar-refractivity contribution in [2.45, 2.75) is 19.9 Å². The molecule has 0 saturated heterocycles. The standard InChI is InChI=1S/C19H18F2N4O3/c1-4-7-25-11(3)16(18(26)22-15-8-10(2)28-24-15)17(23-19(25)27)13-6-5-12(20)9-14(13)21/h4-6,8-9,17H,1,7H2,2-3H3,(H,23,27)(H,22,24,26). The van der Waals surface area contributed by atoms with E-state index in [0.717, 1.165) is 6.07 Å². The highest BCUT2D eigenvalue weighted by atomic mass is 19.1. The Labute approximate surface area is 159 Å². The van der Waals surface area contributed by atoms with Crippen LogP contribution < -0.4 is 10.6 Å². The average molecular weight is 388 g/mol. The van der Waals surface area contributed by atoms with Gasteiger partial charge in [0.15, 0.2) is 5.82 Å². The number of aromatic nitrogens is 1. The normalized spacial score (nSPS) is 16.8. The quantitative estimate of drug-likeness (QED) is 0.769. The van der Waals surface area contributed by atoms with Crippen molar-refractivity contribution in [3.8, 4) is 0 Å². The molecule has 1 atom stereocenters. The molecular weight excluding hydrogens is 370 g/mol. The number of aryl methyl sites for hydroxylation is 1. The Hall–Kier alpha value is -3.49. The lowest BCUT2D eigenvalue weighted by Gasteiger charge is -2.35. The van der Waals surface area contributed by atoms with Crippen LogP contribution in [0.1, 0.15) is 24.3 Å². The minimum atomic E-state index is -1.11. The number of benzene rings is 1. The fraction of sp³-hybridized carbons (Fsp3) is 0.211. The third kappa shape index (κ3) is 3.64. The van der Waals surface area contributed by atoms with Crippen molar-refractivity contribution < 1.29 is 22.9 Å². The smallest absolute Gasteiger partial charge is 0.322 e. The number of nitrogens with zero attached hydrogens (tertiary/aromatic N) is 2. The Bertz CT molecular complexity index is 983. The molecule has 3 amide bonds. The summed E-state index contributed by atoms with van der Waals surface area (Å²) >= 11 is 0. The number of amides is 3. The summed E-state index contributed by atoms with van der Waals surface area (Å²) in [5, 5.41) is 8.87. The van der Waals surface area contributed by atoms with Crippen LogP contribution in [0.5, 0.6) is 0 Å². The SMILES string of the molecule is C=CCN1C(=O)NC(c2ccc(F)cc2F)C(C(=O)Nc2cc(C)on2)=C1C. The van der Waals surface area contributed by atoms with Gasteiger partial charge in [-0.1, -0.05) is 17.3 Å². The second-order valence-corrected chi connectivity index (χ2v) is 6.22. The molecule has 2 N–H and O–H groups in total. The average Bonchev–Trinajstić information content (AvgIpc) is 3.02. The second kappa shape index (κ2) is 7.63. The second-order valence-electron chi connectivity index (χ2n) is 6.22. The summed E-state index contributed by atoms with van der Waals surface area (Å²) in [5.41, 5.74) is 0.372. The molecule has 9 heteroatoms. The highest BCUT2D eigenvalue weighted by Crippen LogP contribution is 2.32. The minimum Gasteiger partial charge on any atom is -0.360 e. The summed E-state index contributed by atoms with van der Waals surface area (Å²) < 4.78 is 32.6. The fourth-order valence-corrected chi connectivity index (χ4v) is 3.00. The lowest BCUT2D eigenvalue weighted by Crippen LogP contribution is -2.48. The molecular formula is C19H18F2N4O3. The molecule has 28 heavy (non-hydrogen) atoms. The number of urea groups is 1. The van der Waals surface area contributed by atoms with Gasteiger partial charge in [0.25, 0.3) is 5.91 Å². The van der Waals surface area contributed by atoms with E-state index in [2.05, 4.69) is 22.4 Å². The van der Waals surface area contributed by atoms with E-state index >= 15 is 0 Å². The van der Waals surface area contributed by atoms with Crippen LogP contribution in [0.2, 0.25) is 0 Å². The Morgan fingerprint density at radius 3 is 2.75 bits per heavy atom. The first-order valence-corrected chi connectivity index (χ1v) is 8.41. The van der Waals surface area contributed by atoms with E-state index in [1.807, 2.05) is 0 Å². The number of hydrogen-bond acceptors (Lipinski definition) is 4. The van der Waals surface area contributed by atoms with Gasteiger partial charge in [-0.3, -0.25) is 9.69 Å². The molecule has 0 fully saturated rings. The molecule has 0 saturated carbocycles. The monoisotopic (exact) mass is 388 g/mol. The molecule has 0 radical (unpaired) electrons. The first-order chi connectivity index (χ1) is 13.3. The number of carbonyl (C=O) groups is 2. The van der Waals surface area contributed by atoms with E-state index in [-0.39, 0.29) is 23.5 Å². The van der Waals surface area contributed by atoms with E-state index in [9.17, 15) is 18.4 Å². The highest BCUT2D eigenvalue weighted by Gasteiger charge is 2.36. The van der Waals surface area contributed by atoms with E-state index in [4.69, 9.17) is 4.52 Å². The van der Waals surface area contributed by atoms with Crippen molar-refractivity contribution in [1.29, 1.82) is 0 Å². The topological polar surface area (TPSA) is 87.5 Å². The van der Waals surface area contributed by atoms with Crippen molar-refractivity contribution in [3.63, 3.8) is 0 Å². The first kappa shape index (κ1) is 19.3. The third-order valence-corrected chi connectivity index (χ3v) is 4.30. The molecule has 1 aromatic carbocycles. The van der Waals surface area contributed by atoms with Gasteiger partial charge in [0.1, 0.15) is 17.4 Å². The number of carbonyl (C=O) groups excluding carboxylic acids is 2. The van der Waals surface area contributed by atoms with Gasteiger partial charge in [0.2, 0.25) is 0 Å². The number of nitrogens with one attached hydrogen (secondary N) is 2. The van der Waals surface area contributed by atoms with Gasteiger partial charge in [0.05, 0.1) is 11.6 Å². The van der Waals surface area contributed by atoms with Crippen molar-refractivity contribution in [3.05, 3.63) is 71.1 Å². The zero-order chi connectivity index (χ0) is 20.4. The van der Waals surface area contributed by atoms with Gasteiger partial charge in [-0.25, -0.2) is 13.6 Å². The molecule has 1 aliphatic rings. The Balaban J connectivity index is 2.07. The van der Waals surface area contributed by atoms with E-state index in [1.165, 1.54) is 23.1 Å². The maximum Gasteiger partial charge on any atom is 0.322 e. The van der Waals surface area contributed by atoms with E-state index < -0.39 is 29.6 Å². The Kier molecular flexibility index (Phi) is 5.25. The van der Waals surface area contributed by atoms with Gasteiger partial charge in [-0.2, -0.15) is 0 Å². The molecule has 1 unspecified atom stereocenters. The zero-order valence-corrected chi connectivity index (χ0v) is 15.3. The maximum absolute atomic E-state index is 14.4. The summed E-state index contributed by atoms with van der Waals surface area (Å²) in [6, 6.07) is 2.84. The van der Waals surface area contributed by atoms with Crippen LogP contribution >= 0.6 is 0 Å². The van der Waals surface area contributed by atoms with Crippen LogP contribution in [0, 0.1) is 18.6 Å². The van der Waals surface area contributed by atoms with Crippen LogP contribution in [0.15, 0.2) is 52.7 Å². The molecule has 1 aliphatic heterocycles. The molecule has 1 aromatic heterocycles. The Morgan fingerprint density at radius 2 is 2.14 bits per heavy atom. The van der Waals surface area contributed by atoms with E-state index in [0.29, 0.717) is 17.5 Å². The van der Waals surface area contributed by atoms with Crippen molar-refractivity contribution in [2.24, 2.45) is 0 Å². The molecule has 0 bridgehead atoms. The predicted octanol–water partition coefficient (Wildman–Crippen LogP) is 3.43. The zero-order valence-electron chi connectivity index (χ0n) is 15.3. The van der Waals surface area contributed by atoms with Crippen LogP contribution in [0.25, 0.3) is 0 Å². The minimum absolute atomic E-state index is 0.0335. The largest absolute Gasteiger partial charge is 0.360 e. The molecule has 0 spiro atoms. The van der Waals surface area contributed by atoms with Crippen LogP contribution in [0.3, 0.4) is 0 Å². The molecule has 146 valence electrons. The first-order valence-electron chi connectivity index (χ1n) is 8.41. The summed E-state index contributed by atoms with van der Waals surface area (Å²) in [6.07, 6.45) is 1.50.